The van der Waals surface area contributed by atoms with E-state index >= 15 is 0 Å². The van der Waals surface area contributed by atoms with Gasteiger partial charge in [-0.15, -0.1) is 0 Å². The Morgan fingerprint density at radius 3 is 2.19 bits per heavy atom. The maximum atomic E-state index is 5.70. The number of hydrogen-bond acceptors (Lipinski definition) is 2. The van der Waals surface area contributed by atoms with Gasteiger partial charge in [-0.3, -0.25) is 11.3 Å². The second-order valence-electron chi connectivity index (χ2n) is 5.11. The number of nitrogens with two attached hydrogens (primary N) is 1. The Bertz CT molecular complexity index is 345. The number of hydrazine groups is 1. The van der Waals surface area contributed by atoms with Gasteiger partial charge in [0.2, 0.25) is 0 Å². The standard InChI is InChI=1S/C14H24N2/c1-9(2)12(5)14(16-15)13-7-6-10(3)8-11(13)4/h6-9,12,14,16H,15H2,1-5H3. The molecule has 90 valence electrons. The molecule has 0 fully saturated rings. The van der Waals surface area contributed by atoms with Crippen LogP contribution >= 0.6 is 0 Å². The SMILES string of the molecule is Cc1ccc(C(NN)C(C)C(C)C)c(C)c1. The van der Waals surface area contributed by atoms with Crippen molar-refractivity contribution in [1.82, 2.24) is 5.43 Å². The Labute approximate surface area is 99.2 Å². The molecule has 2 heteroatoms. The monoisotopic (exact) mass is 220 g/mol. The summed E-state index contributed by atoms with van der Waals surface area (Å²) in [7, 11) is 0. The zero-order valence-corrected chi connectivity index (χ0v) is 11.0. The average Bonchev–Trinajstić information content (AvgIpc) is 2.21. The topological polar surface area (TPSA) is 38.0 Å². The Balaban J connectivity index is 3.04. The van der Waals surface area contributed by atoms with E-state index in [-0.39, 0.29) is 6.04 Å². The van der Waals surface area contributed by atoms with Crippen molar-refractivity contribution in [3.8, 4) is 0 Å². The van der Waals surface area contributed by atoms with Crippen LogP contribution in [0.2, 0.25) is 0 Å². The van der Waals surface area contributed by atoms with Crippen molar-refractivity contribution in [3.63, 3.8) is 0 Å². The Hall–Kier alpha value is -0.860. The van der Waals surface area contributed by atoms with E-state index in [1.54, 1.807) is 0 Å². The van der Waals surface area contributed by atoms with Crippen LogP contribution in [0.3, 0.4) is 0 Å². The zero-order valence-electron chi connectivity index (χ0n) is 11.0. The van der Waals surface area contributed by atoms with Crippen LogP contribution in [0.4, 0.5) is 0 Å². The van der Waals surface area contributed by atoms with Gasteiger partial charge in [0.1, 0.15) is 0 Å². The average molecular weight is 220 g/mol. The second-order valence-corrected chi connectivity index (χ2v) is 5.11. The normalized spacial score (nSPS) is 15.2. The van der Waals surface area contributed by atoms with Crippen LogP contribution in [-0.2, 0) is 0 Å². The van der Waals surface area contributed by atoms with Gasteiger partial charge in [-0.2, -0.15) is 0 Å². The molecule has 0 heterocycles. The van der Waals surface area contributed by atoms with Gasteiger partial charge in [-0.1, -0.05) is 44.5 Å². The zero-order chi connectivity index (χ0) is 12.3. The van der Waals surface area contributed by atoms with Gasteiger partial charge < -0.3 is 0 Å². The number of rotatable bonds is 4. The quantitative estimate of drug-likeness (QED) is 0.604. The van der Waals surface area contributed by atoms with Gasteiger partial charge in [-0.25, -0.2) is 0 Å². The molecule has 0 aliphatic carbocycles. The lowest BCUT2D eigenvalue weighted by molar-refractivity contribution is 0.305. The fraction of sp³-hybridized carbons (Fsp3) is 0.571. The van der Waals surface area contributed by atoms with Crippen LogP contribution in [0.5, 0.6) is 0 Å². The summed E-state index contributed by atoms with van der Waals surface area (Å²) < 4.78 is 0. The summed E-state index contributed by atoms with van der Waals surface area (Å²) in [6, 6.07) is 6.79. The van der Waals surface area contributed by atoms with E-state index in [1.807, 2.05) is 0 Å². The summed E-state index contributed by atoms with van der Waals surface area (Å²) in [5.74, 6) is 6.83. The molecule has 0 saturated heterocycles. The molecule has 3 N–H and O–H groups in total. The van der Waals surface area contributed by atoms with Crippen molar-refractivity contribution in [2.45, 2.75) is 40.7 Å². The van der Waals surface area contributed by atoms with Crippen LogP contribution in [0.25, 0.3) is 0 Å². The Morgan fingerprint density at radius 1 is 1.12 bits per heavy atom. The van der Waals surface area contributed by atoms with Crippen molar-refractivity contribution in [2.75, 3.05) is 0 Å². The highest BCUT2D eigenvalue weighted by atomic mass is 15.2. The molecule has 1 rings (SSSR count). The fourth-order valence-corrected chi connectivity index (χ4v) is 2.08. The number of benzene rings is 1. The lowest BCUT2D eigenvalue weighted by Crippen LogP contribution is -2.34. The van der Waals surface area contributed by atoms with Crippen molar-refractivity contribution in [2.24, 2.45) is 17.7 Å². The number of aryl methyl sites for hydroxylation is 2. The maximum Gasteiger partial charge on any atom is 0.0490 e. The highest BCUT2D eigenvalue weighted by molar-refractivity contribution is 5.33. The molecule has 1 aromatic carbocycles. The molecule has 0 aromatic heterocycles. The van der Waals surface area contributed by atoms with Crippen molar-refractivity contribution >= 4 is 0 Å². The molecule has 0 aliphatic rings. The van der Waals surface area contributed by atoms with Crippen molar-refractivity contribution in [3.05, 3.63) is 34.9 Å². The van der Waals surface area contributed by atoms with Crippen LogP contribution in [0.15, 0.2) is 18.2 Å². The van der Waals surface area contributed by atoms with E-state index < -0.39 is 0 Å². The molecule has 0 amide bonds. The lowest BCUT2D eigenvalue weighted by atomic mass is 9.84. The van der Waals surface area contributed by atoms with Gasteiger partial charge in [-0.05, 0) is 36.8 Å². The fourth-order valence-electron chi connectivity index (χ4n) is 2.08. The number of hydrogen-bond donors (Lipinski definition) is 2. The van der Waals surface area contributed by atoms with Crippen molar-refractivity contribution < 1.29 is 0 Å². The molecule has 2 atom stereocenters. The first-order chi connectivity index (χ1) is 7.47. The molecule has 0 saturated carbocycles. The first-order valence-corrected chi connectivity index (χ1v) is 6.00. The molecule has 0 radical (unpaired) electrons. The first kappa shape index (κ1) is 13.2. The van der Waals surface area contributed by atoms with Gasteiger partial charge in [0, 0.05) is 6.04 Å². The smallest absolute Gasteiger partial charge is 0.0490 e. The van der Waals surface area contributed by atoms with Crippen LogP contribution in [0.1, 0.15) is 43.5 Å². The summed E-state index contributed by atoms with van der Waals surface area (Å²) in [5, 5.41) is 0. The largest absolute Gasteiger partial charge is 0.271 e. The van der Waals surface area contributed by atoms with E-state index in [1.165, 1.54) is 16.7 Å². The second kappa shape index (κ2) is 5.46. The van der Waals surface area contributed by atoms with Gasteiger partial charge in [0.05, 0.1) is 0 Å². The van der Waals surface area contributed by atoms with E-state index in [2.05, 4.69) is 58.2 Å². The summed E-state index contributed by atoms with van der Waals surface area (Å²) in [6.45, 7) is 11.0. The number of nitrogens with one attached hydrogen (secondary N) is 1. The van der Waals surface area contributed by atoms with Crippen LogP contribution < -0.4 is 11.3 Å². The lowest BCUT2D eigenvalue weighted by Gasteiger charge is -2.28. The van der Waals surface area contributed by atoms with E-state index in [0.29, 0.717) is 11.8 Å². The molecule has 16 heavy (non-hydrogen) atoms. The molecule has 0 aliphatic heterocycles. The van der Waals surface area contributed by atoms with E-state index in [0.717, 1.165) is 0 Å². The van der Waals surface area contributed by atoms with Crippen LogP contribution in [-0.4, -0.2) is 0 Å². The summed E-state index contributed by atoms with van der Waals surface area (Å²) in [6.07, 6.45) is 0. The van der Waals surface area contributed by atoms with Crippen molar-refractivity contribution in [1.29, 1.82) is 0 Å². The molecular formula is C14H24N2. The van der Waals surface area contributed by atoms with Gasteiger partial charge in [0.15, 0.2) is 0 Å². The Kier molecular flexibility index (Phi) is 4.51. The summed E-state index contributed by atoms with van der Waals surface area (Å²) in [5.41, 5.74) is 6.89. The molecule has 0 spiro atoms. The molecule has 1 aromatic rings. The third-order valence-corrected chi connectivity index (χ3v) is 3.52. The molecule has 2 unspecified atom stereocenters. The maximum absolute atomic E-state index is 5.70. The molecular weight excluding hydrogens is 196 g/mol. The first-order valence-electron chi connectivity index (χ1n) is 6.00. The predicted octanol–water partition coefficient (Wildman–Crippen LogP) is 3.10. The van der Waals surface area contributed by atoms with Gasteiger partial charge in [0.25, 0.3) is 0 Å². The highest BCUT2D eigenvalue weighted by Crippen LogP contribution is 2.29. The third-order valence-electron chi connectivity index (χ3n) is 3.52. The minimum Gasteiger partial charge on any atom is -0.271 e. The van der Waals surface area contributed by atoms with Crippen LogP contribution in [0, 0.1) is 25.7 Å². The molecule has 2 nitrogen and oxygen atoms in total. The van der Waals surface area contributed by atoms with E-state index in [4.69, 9.17) is 5.84 Å². The highest BCUT2D eigenvalue weighted by Gasteiger charge is 2.21. The predicted molar refractivity (Wildman–Crippen MR) is 70.0 cm³/mol. The van der Waals surface area contributed by atoms with E-state index in [9.17, 15) is 0 Å². The summed E-state index contributed by atoms with van der Waals surface area (Å²) in [4.78, 5) is 0. The third kappa shape index (κ3) is 2.83. The van der Waals surface area contributed by atoms with Gasteiger partial charge >= 0.3 is 0 Å². The minimum atomic E-state index is 0.237. The molecule has 0 bridgehead atoms. The summed E-state index contributed by atoms with van der Waals surface area (Å²) >= 11 is 0. The Morgan fingerprint density at radius 2 is 1.75 bits per heavy atom. The minimum absolute atomic E-state index is 0.237.